The minimum Gasteiger partial charge on any atom is -0.0733 e. The van der Waals surface area contributed by atoms with Crippen LogP contribution in [0.2, 0.25) is 0 Å². The maximum Gasteiger partial charge on any atom is -0.0320 e. The molecule has 0 aliphatic heterocycles. The van der Waals surface area contributed by atoms with Gasteiger partial charge in [0.05, 0.1) is 0 Å². The second-order valence-electron chi connectivity index (χ2n) is 6.44. The first-order valence-electron chi connectivity index (χ1n) is 7.84. The molecule has 109 valence electrons. The minimum absolute atomic E-state index is 0.854. The van der Waals surface area contributed by atoms with Crippen LogP contribution < -0.4 is 0 Å². The first-order valence-corrected chi connectivity index (χ1v) is 7.84. The van der Waals surface area contributed by atoms with Gasteiger partial charge in [0.1, 0.15) is 0 Å². The predicted octanol–water partition coefficient (Wildman–Crippen LogP) is 6.50. The van der Waals surface area contributed by atoms with E-state index < -0.39 is 0 Å². The summed E-state index contributed by atoms with van der Waals surface area (Å²) in [7, 11) is 0. The summed E-state index contributed by atoms with van der Waals surface area (Å²) in [6, 6.07) is 0. The van der Waals surface area contributed by atoms with Crippen molar-refractivity contribution < 1.29 is 0 Å². The third-order valence-electron chi connectivity index (χ3n) is 3.49. The van der Waals surface area contributed by atoms with Crippen LogP contribution in [0.15, 0.2) is 29.4 Å². The Bertz CT molecular complexity index is 291. The van der Waals surface area contributed by atoms with Gasteiger partial charge in [-0.25, -0.2) is 0 Å². The van der Waals surface area contributed by atoms with Gasteiger partial charge in [0.2, 0.25) is 0 Å². The second kappa shape index (κ2) is 11.1. The summed E-state index contributed by atoms with van der Waals surface area (Å²) in [5.74, 6) is 1.73. The van der Waals surface area contributed by atoms with Gasteiger partial charge in [-0.05, 0) is 38.5 Å². The summed E-state index contributed by atoms with van der Waals surface area (Å²) in [6.45, 7) is 16.7. The molecule has 0 bridgehead atoms. The molecule has 0 heterocycles. The normalized spacial score (nSPS) is 14.3. The molecule has 1 atom stereocenters. The molecule has 0 aromatic rings. The van der Waals surface area contributed by atoms with Gasteiger partial charge in [-0.2, -0.15) is 0 Å². The Morgan fingerprint density at radius 3 is 2.21 bits per heavy atom. The number of hydrogen-bond donors (Lipinski definition) is 0. The van der Waals surface area contributed by atoms with Gasteiger partial charge >= 0.3 is 0 Å². The van der Waals surface area contributed by atoms with Crippen molar-refractivity contribution in [2.75, 3.05) is 0 Å². The molecular weight excluding hydrogens is 228 g/mol. The minimum atomic E-state index is 0.854. The van der Waals surface area contributed by atoms with E-state index in [2.05, 4.69) is 39.8 Å². The van der Waals surface area contributed by atoms with Crippen molar-refractivity contribution >= 4 is 0 Å². The van der Waals surface area contributed by atoms with Crippen molar-refractivity contribution in [3.8, 4) is 0 Å². The molecule has 0 rings (SSSR count). The quantitative estimate of drug-likeness (QED) is 0.394. The van der Waals surface area contributed by atoms with E-state index in [-0.39, 0.29) is 0 Å². The van der Waals surface area contributed by atoms with E-state index in [1.807, 2.05) is 13.0 Å². The topological polar surface area (TPSA) is 0 Å². The summed E-state index contributed by atoms with van der Waals surface area (Å²) in [4.78, 5) is 0. The lowest BCUT2D eigenvalue weighted by Crippen LogP contribution is -1.97. The molecule has 1 unspecified atom stereocenters. The average Bonchev–Trinajstić information content (AvgIpc) is 2.27. The van der Waals surface area contributed by atoms with Gasteiger partial charge in [0, 0.05) is 0 Å². The van der Waals surface area contributed by atoms with Crippen molar-refractivity contribution in [2.24, 2.45) is 11.8 Å². The summed E-state index contributed by atoms with van der Waals surface area (Å²) >= 11 is 0. The van der Waals surface area contributed by atoms with Crippen LogP contribution in [0.5, 0.6) is 0 Å². The van der Waals surface area contributed by atoms with Crippen LogP contribution in [-0.4, -0.2) is 0 Å². The highest BCUT2D eigenvalue weighted by Crippen LogP contribution is 2.19. The Labute approximate surface area is 121 Å². The molecule has 1 radical (unpaired) electrons. The van der Waals surface area contributed by atoms with E-state index in [9.17, 15) is 0 Å². The van der Waals surface area contributed by atoms with Crippen molar-refractivity contribution in [3.63, 3.8) is 0 Å². The lowest BCUT2D eigenvalue weighted by molar-refractivity contribution is 0.427. The van der Waals surface area contributed by atoms with E-state index in [4.69, 9.17) is 6.58 Å². The molecule has 0 aliphatic carbocycles. The zero-order valence-corrected chi connectivity index (χ0v) is 13.7. The third kappa shape index (κ3) is 13.5. The van der Waals surface area contributed by atoms with Crippen LogP contribution in [-0.2, 0) is 0 Å². The molecule has 0 saturated carbocycles. The molecular formula is C19H33. The van der Waals surface area contributed by atoms with Crippen LogP contribution in [0.4, 0.5) is 0 Å². The maximum atomic E-state index is 5.59. The first kappa shape index (κ1) is 18.2. The molecule has 0 aromatic heterocycles. The molecule has 0 spiro atoms. The van der Waals surface area contributed by atoms with Crippen molar-refractivity contribution in [2.45, 2.75) is 73.1 Å². The smallest absolute Gasteiger partial charge is 0.0320 e. The van der Waals surface area contributed by atoms with E-state index >= 15 is 0 Å². The molecule has 0 aliphatic rings. The zero-order chi connectivity index (χ0) is 14.7. The van der Waals surface area contributed by atoms with Crippen LogP contribution in [0.1, 0.15) is 73.1 Å². The predicted molar refractivity (Wildman–Crippen MR) is 88.1 cm³/mol. The lowest BCUT2D eigenvalue weighted by atomic mass is 9.94. The molecule has 0 N–H and O–H groups in total. The monoisotopic (exact) mass is 261 g/mol. The fourth-order valence-electron chi connectivity index (χ4n) is 2.20. The zero-order valence-electron chi connectivity index (χ0n) is 13.7. The Morgan fingerprint density at radius 2 is 1.63 bits per heavy atom. The molecule has 0 aromatic carbocycles. The van der Waals surface area contributed by atoms with E-state index in [1.165, 1.54) is 44.1 Å². The summed E-state index contributed by atoms with van der Waals surface area (Å²) in [6.07, 6.45) is 14.2. The lowest BCUT2D eigenvalue weighted by Gasteiger charge is -2.12. The van der Waals surface area contributed by atoms with Crippen molar-refractivity contribution in [1.29, 1.82) is 0 Å². The van der Waals surface area contributed by atoms with Gasteiger partial charge in [0.15, 0.2) is 0 Å². The van der Waals surface area contributed by atoms with Gasteiger partial charge in [-0.3, -0.25) is 0 Å². The van der Waals surface area contributed by atoms with Crippen LogP contribution in [0.25, 0.3) is 0 Å². The van der Waals surface area contributed by atoms with E-state index in [1.54, 1.807) is 0 Å². The molecule has 0 nitrogen and oxygen atoms in total. The highest BCUT2D eigenvalue weighted by Gasteiger charge is 2.03. The molecule has 0 saturated heterocycles. The molecule has 0 amide bonds. The van der Waals surface area contributed by atoms with E-state index in [0.717, 1.165) is 17.4 Å². The van der Waals surface area contributed by atoms with Crippen LogP contribution >= 0.6 is 0 Å². The Hall–Kier alpha value is -0.780. The van der Waals surface area contributed by atoms with Gasteiger partial charge in [0.25, 0.3) is 0 Å². The number of hydrogen-bond acceptors (Lipinski definition) is 0. The maximum absolute atomic E-state index is 5.59. The highest BCUT2D eigenvalue weighted by molar-refractivity contribution is 5.18. The fourth-order valence-corrected chi connectivity index (χ4v) is 2.20. The highest BCUT2D eigenvalue weighted by atomic mass is 14.1. The number of rotatable bonds is 10. The van der Waals surface area contributed by atoms with Gasteiger partial charge in [-0.1, -0.05) is 82.4 Å². The molecule has 19 heavy (non-hydrogen) atoms. The Balaban J connectivity index is 3.69. The number of allylic oxidation sites excluding steroid dienone is 5. The second-order valence-corrected chi connectivity index (χ2v) is 6.44. The van der Waals surface area contributed by atoms with E-state index in [0.29, 0.717) is 0 Å². The van der Waals surface area contributed by atoms with Gasteiger partial charge < -0.3 is 0 Å². The summed E-state index contributed by atoms with van der Waals surface area (Å²) < 4.78 is 0. The van der Waals surface area contributed by atoms with Crippen molar-refractivity contribution in [1.82, 2.24) is 0 Å². The van der Waals surface area contributed by atoms with Crippen molar-refractivity contribution in [3.05, 3.63) is 36.0 Å². The Morgan fingerprint density at radius 1 is 1.00 bits per heavy atom. The Kier molecular flexibility index (Phi) is 10.6. The SMILES string of the molecule is [CH]=C(C)/C=C/C=C(\C)CCCC(C)CCCC(C)C. The van der Waals surface area contributed by atoms with Crippen LogP contribution in [0.3, 0.4) is 0 Å². The summed E-state index contributed by atoms with van der Waals surface area (Å²) in [5, 5.41) is 0. The third-order valence-corrected chi connectivity index (χ3v) is 3.49. The van der Waals surface area contributed by atoms with Gasteiger partial charge in [-0.15, -0.1) is 0 Å². The first-order chi connectivity index (χ1) is 8.91. The molecule has 0 fully saturated rings. The largest absolute Gasteiger partial charge is 0.0733 e. The standard InChI is InChI=1S/C19H33/c1-16(2)10-7-12-18(5)14-9-15-19(6)13-8-11-17(3)4/h1,7,10,12,17,19H,8-9,11,13-15H2,2-6H3/b10-7+,16-1?,18-12+. The molecule has 0 heteroatoms. The summed E-state index contributed by atoms with van der Waals surface area (Å²) in [5.41, 5.74) is 2.31. The van der Waals surface area contributed by atoms with Crippen LogP contribution in [0, 0.1) is 18.4 Å². The average molecular weight is 261 g/mol. The fraction of sp³-hybridized carbons (Fsp3) is 0.684.